The second-order valence-electron chi connectivity index (χ2n) is 19.8. The summed E-state index contributed by atoms with van der Waals surface area (Å²) in [6.45, 7) is 21.9. The number of carbonyl (C=O) groups is 5. The molecular weight excluding hydrogens is 819 g/mol. The van der Waals surface area contributed by atoms with Crippen LogP contribution in [-0.2, 0) is 52.3 Å². The molecule has 2 heterocycles. The van der Waals surface area contributed by atoms with Gasteiger partial charge in [0.05, 0.1) is 40.9 Å². The third-order valence-electron chi connectivity index (χ3n) is 13.5. The largest absolute Gasteiger partial charge is 0.463 e. The van der Waals surface area contributed by atoms with Crippen molar-refractivity contribution in [2.75, 3.05) is 6.61 Å². The van der Waals surface area contributed by atoms with Crippen LogP contribution in [0.1, 0.15) is 106 Å². The van der Waals surface area contributed by atoms with E-state index in [4.69, 9.17) is 37.9 Å². The van der Waals surface area contributed by atoms with Crippen molar-refractivity contribution in [3.05, 3.63) is 59.7 Å². The van der Waals surface area contributed by atoms with Gasteiger partial charge < -0.3 is 53.4 Å². The van der Waals surface area contributed by atoms with Gasteiger partial charge in [-0.15, -0.1) is 0 Å². The van der Waals surface area contributed by atoms with E-state index in [1.807, 2.05) is 20.8 Å². The van der Waals surface area contributed by atoms with Crippen LogP contribution in [0.5, 0.6) is 0 Å². The number of rotatable bonds is 13. The van der Waals surface area contributed by atoms with Gasteiger partial charge in [0.15, 0.2) is 18.5 Å². The van der Waals surface area contributed by atoms with Crippen LogP contribution in [0.2, 0.25) is 0 Å². The van der Waals surface area contributed by atoms with Gasteiger partial charge in [0.25, 0.3) is 0 Å². The van der Waals surface area contributed by atoms with Crippen molar-refractivity contribution in [2.24, 2.45) is 28.6 Å². The van der Waals surface area contributed by atoms with E-state index in [9.17, 15) is 34.2 Å². The number of ether oxygens (including phenoxy) is 8. The molecule has 2 saturated heterocycles. The summed E-state index contributed by atoms with van der Waals surface area (Å²) in [5.41, 5.74) is -4.67. The minimum absolute atomic E-state index is 0.0752. The zero-order chi connectivity index (χ0) is 46.6. The van der Waals surface area contributed by atoms with Crippen molar-refractivity contribution in [2.45, 2.75) is 168 Å². The predicted molar refractivity (Wildman–Crippen MR) is 224 cm³/mol. The first kappa shape index (κ1) is 48.1. The fraction of sp³-hybridized carbons (Fsp3) is 0.681. The highest BCUT2D eigenvalue weighted by molar-refractivity contribution is 5.89. The summed E-state index contributed by atoms with van der Waals surface area (Å²) < 4.78 is 50.1. The average molecular weight is 884 g/mol. The van der Waals surface area contributed by atoms with Gasteiger partial charge >= 0.3 is 30.0 Å². The summed E-state index contributed by atoms with van der Waals surface area (Å²) in [5, 5.41) is 27.2. The van der Waals surface area contributed by atoms with Gasteiger partial charge in [-0.2, -0.15) is 0 Å². The Kier molecular flexibility index (Phi) is 13.7. The first-order valence-electron chi connectivity index (χ1n) is 21.8. The zero-order valence-corrected chi connectivity index (χ0v) is 38.2. The monoisotopic (exact) mass is 883 g/mol. The number of amides is 1. The Morgan fingerprint density at radius 2 is 1.65 bits per heavy atom. The predicted octanol–water partition coefficient (Wildman–Crippen LogP) is 5.12. The van der Waals surface area contributed by atoms with Crippen LogP contribution in [0.3, 0.4) is 0 Å². The topological polar surface area (TPSA) is 212 Å². The number of nitrogens with one attached hydrogen (secondary N) is 1. The van der Waals surface area contributed by atoms with E-state index in [1.54, 1.807) is 71.9 Å². The summed E-state index contributed by atoms with van der Waals surface area (Å²) in [6, 6.07) is 7.24. The highest BCUT2D eigenvalue weighted by Gasteiger charge is 2.77. The van der Waals surface area contributed by atoms with Crippen molar-refractivity contribution in [1.82, 2.24) is 5.32 Å². The second kappa shape index (κ2) is 17.9. The van der Waals surface area contributed by atoms with Gasteiger partial charge in [0.2, 0.25) is 0 Å². The molecule has 63 heavy (non-hydrogen) atoms. The van der Waals surface area contributed by atoms with Crippen molar-refractivity contribution >= 4 is 30.0 Å². The molecule has 1 aromatic rings. The van der Waals surface area contributed by atoms with Crippen LogP contribution < -0.4 is 5.32 Å². The minimum Gasteiger partial charge on any atom is -0.463 e. The lowest BCUT2D eigenvalue weighted by Crippen LogP contribution is -2.73. The highest BCUT2D eigenvalue weighted by atomic mass is 16.7. The Hall–Kier alpha value is -4.35. The molecule has 2 saturated carbocycles. The van der Waals surface area contributed by atoms with Crippen molar-refractivity contribution in [1.29, 1.82) is 0 Å². The molecular formula is C47H65NO15. The van der Waals surface area contributed by atoms with Crippen LogP contribution in [0, 0.1) is 28.6 Å². The number of benzene rings is 1. The fourth-order valence-electron chi connectivity index (χ4n) is 11.0. The highest BCUT2D eigenvalue weighted by Crippen LogP contribution is 2.69. The Balaban J connectivity index is 1.55. The van der Waals surface area contributed by atoms with Gasteiger partial charge in [0, 0.05) is 43.9 Å². The molecule has 4 fully saturated rings. The molecule has 0 unspecified atom stereocenters. The van der Waals surface area contributed by atoms with E-state index in [0.29, 0.717) is 17.6 Å². The van der Waals surface area contributed by atoms with Crippen LogP contribution in [0.4, 0.5) is 4.79 Å². The smallest absolute Gasteiger partial charge is 0.407 e. The van der Waals surface area contributed by atoms with Gasteiger partial charge in [-0.3, -0.25) is 9.59 Å². The maximum atomic E-state index is 14.6. The zero-order valence-electron chi connectivity index (χ0n) is 38.2. The number of hydrogen-bond acceptors (Lipinski definition) is 15. The number of carbonyl (C=O) groups excluding carboxylic acids is 5. The molecule has 0 radical (unpaired) electrons. The first-order valence-corrected chi connectivity index (χ1v) is 21.8. The van der Waals surface area contributed by atoms with Crippen molar-refractivity contribution in [3.63, 3.8) is 0 Å². The number of aliphatic hydroxyl groups is 2. The number of alkyl carbamates (subject to hydrolysis) is 1. The number of hydrogen-bond donors (Lipinski definition) is 3. The van der Waals surface area contributed by atoms with Crippen LogP contribution in [0.25, 0.3) is 0 Å². The Morgan fingerprint density at radius 3 is 2.22 bits per heavy atom. The number of aliphatic hydroxyl groups excluding tert-OH is 1. The third kappa shape index (κ3) is 9.15. The van der Waals surface area contributed by atoms with E-state index in [0.717, 1.165) is 0 Å². The Labute approximate surface area is 369 Å². The molecule has 0 aromatic heterocycles. The molecule has 14 atom stereocenters. The van der Waals surface area contributed by atoms with E-state index in [1.165, 1.54) is 19.9 Å². The molecule has 6 rings (SSSR count). The van der Waals surface area contributed by atoms with Gasteiger partial charge in [-0.1, -0.05) is 45.5 Å². The normalized spacial score (nSPS) is 34.4. The molecule has 3 N–H and O–H groups in total. The van der Waals surface area contributed by atoms with E-state index < -0.39 is 125 Å². The SMILES string of the molecule is C=C[C@H]1O[C@H]2C[C@H]3O[C@@H](COC(C)=O)[C@H]3[C@H]3[C@H](OC(=O)c4ccccc4)[C@]4(C(C)(C)O)C[C@H](OC(=O)[C@H](O)[C@H](CC(C)C)NC(=O)OC(C)(C)C)C(C)=C4[C@H](OC(C)=O)[C@H](O1)[C@@]32C. The number of esters is 4. The Morgan fingerprint density at radius 1 is 0.984 bits per heavy atom. The van der Waals surface area contributed by atoms with Crippen molar-refractivity contribution < 1.29 is 72.1 Å². The molecule has 5 aliphatic rings. The number of fused-ring (bicyclic) bond motifs is 3. The molecule has 2 aliphatic heterocycles. The molecule has 348 valence electrons. The molecule has 1 aromatic carbocycles. The quantitative estimate of drug-likeness (QED) is 0.133. The van der Waals surface area contributed by atoms with Crippen LogP contribution >= 0.6 is 0 Å². The summed E-state index contributed by atoms with van der Waals surface area (Å²) in [6.07, 6.45) is -8.51. The minimum atomic E-state index is -1.86. The average Bonchev–Trinajstić information content (AvgIpc) is 3.43. The van der Waals surface area contributed by atoms with Gasteiger partial charge in [-0.25, -0.2) is 14.4 Å². The molecule has 0 bridgehead atoms. The Bertz CT molecular complexity index is 1950. The lowest BCUT2D eigenvalue weighted by atomic mass is 9.50. The van der Waals surface area contributed by atoms with Gasteiger partial charge in [0.1, 0.15) is 30.5 Å². The molecule has 16 heteroatoms. The van der Waals surface area contributed by atoms with Crippen LogP contribution in [-0.4, -0.2) is 119 Å². The summed E-state index contributed by atoms with van der Waals surface area (Å²) in [4.78, 5) is 67.3. The lowest BCUT2D eigenvalue weighted by Gasteiger charge is -2.65. The molecule has 0 spiro atoms. The molecule has 1 amide bonds. The van der Waals surface area contributed by atoms with Crippen molar-refractivity contribution in [3.8, 4) is 0 Å². The lowest BCUT2D eigenvalue weighted by molar-refractivity contribution is -0.369. The summed E-state index contributed by atoms with van der Waals surface area (Å²) in [7, 11) is 0. The van der Waals surface area contributed by atoms with E-state index in [-0.39, 0.29) is 30.9 Å². The fourth-order valence-corrected chi connectivity index (χ4v) is 11.0. The summed E-state index contributed by atoms with van der Waals surface area (Å²) >= 11 is 0. The van der Waals surface area contributed by atoms with E-state index in [2.05, 4.69) is 11.9 Å². The van der Waals surface area contributed by atoms with Crippen LogP contribution in [0.15, 0.2) is 54.1 Å². The maximum absolute atomic E-state index is 14.6. The van der Waals surface area contributed by atoms with E-state index >= 15 is 0 Å². The third-order valence-corrected chi connectivity index (χ3v) is 13.5. The standard InChI is InChI=1S/C47H65NO15/c1-13-33-60-32-20-29-34(31(58-29)22-56-25(5)49)36-39(62-41(52)27-17-15-14-16-18-27)47(45(10,11)55)21-30(24(4)35(47)38(57-26(6)50)40(61-33)46(32,36)12)59-42(53)37(51)28(19-23(2)3)48-43(54)63-44(7,8)9/h13-18,23,28-34,36-40,51,55H,1,19-22H2,2-12H3,(H,48,54)/t28-,29+,30-,31-,32-,33-,34-,36-,37+,38-,39-,40-,46+,47-/m0/s1. The molecule has 3 aliphatic carbocycles. The van der Waals surface area contributed by atoms with Gasteiger partial charge in [-0.05, 0) is 83.2 Å². The molecule has 16 nitrogen and oxygen atoms in total. The summed E-state index contributed by atoms with van der Waals surface area (Å²) in [5.74, 6) is -4.38. The maximum Gasteiger partial charge on any atom is 0.407 e. The second-order valence-corrected chi connectivity index (χ2v) is 19.8. The first-order chi connectivity index (χ1) is 29.3.